The fourth-order valence-electron chi connectivity index (χ4n) is 2.59. The minimum absolute atomic E-state index is 0.158. The summed E-state index contributed by atoms with van der Waals surface area (Å²) in [5, 5.41) is 0. The Hall–Kier alpha value is -1.10. The van der Waals surface area contributed by atoms with Crippen LogP contribution < -0.4 is 0 Å². The Morgan fingerprint density at radius 3 is 2.13 bits per heavy atom. The van der Waals surface area contributed by atoms with Crippen LogP contribution in [0.1, 0.15) is 59.8 Å². The van der Waals surface area contributed by atoms with Crippen molar-refractivity contribution in [2.75, 3.05) is 39.8 Å². The van der Waals surface area contributed by atoms with Gasteiger partial charge in [0.2, 0.25) is 5.91 Å². The molecule has 0 saturated heterocycles. The molecule has 0 bridgehead atoms. The lowest BCUT2D eigenvalue weighted by Gasteiger charge is -2.26. The molecule has 23 heavy (non-hydrogen) atoms. The maximum absolute atomic E-state index is 12.4. The molecule has 1 atom stereocenters. The van der Waals surface area contributed by atoms with Crippen LogP contribution in [-0.4, -0.2) is 61.5 Å². The van der Waals surface area contributed by atoms with E-state index in [0.29, 0.717) is 13.0 Å². The largest absolute Gasteiger partial charge is 0.469 e. The monoisotopic (exact) mass is 328 g/mol. The van der Waals surface area contributed by atoms with Gasteiger partial charge in [0.25, 0.3) is 0 Å². The minimum Gasteiger partial charge on any atom is -0.469 e. The van der Waals surface area contributed by atoms with E-state index in [0.717, 1.165) is 51.9 Å². The summed E-state index contributed by atoms with van der Waals surface area (Å²) >= 11 is 0. The fourth-order valence-corrected chi connectivity index (χ4v) is 2.59. The lowest BCUT2D eigenvalue weighted by molar-refractivity contribution is -0.146. The maximum atomic E-state index is 12.4. The molecule has 0 aromatic heterocycles. The first-order valence-electron chi connectivity index (χ1n) is 9.07. The highest BCUT2D eigenvalue weighted by Gasteiger charge is 2.20. The molecule has 0 heterocycles. The van der Waals surface area contributed by atoms with Gasteiger partial charge in [-0.15, -0.1) is 0 Å². The normalized spacial score (nSPS) is 12.3. The number of carbonyl (C=O) groups is 2. The van der Waals surface area contributed by atoms with Crippen molar-refractivity contribution in [2.45, 2.75) is 59.8 Å². The highest BCUT2D eigenvalue weighted by Crippen LogP contribution is 2.09. The van der Waals surface area contributed by atoms with Crippen LogP contribution in [0.4, 0.5) is 0 Å². The topological polar surface area (TPSA) is 49.9 Å². The Labute approximate surface area is 142 Å². The van der Waals surface area contributed by atoms with E-state index in [1.807, 2.05) is 11.8 Å². The smallest absolute Gasteiger partial charge is 0.310 e. The molecule has 0 aliphatic carbocycles. The Balaban J connectivity index is 4.42. The van der Waals surface area contributed by atoms with E-state index < -0.39 is 0 Å². The number of carbonyl (C=O) groups excluding carboxylic acids is 2. The van der Waals surface area contributed by atoms with Crippen molar-refractivity contribution in [1.29, 1.82) is 0 Å². The first-order valence-corrected chi connectivity index (χ1v) is 9.07. The third-order valence-corrected chi connectivity index (χ3v) is 4.24. The highest BCUT2D eigenvalue weighted by atomic mass is 16.5. The Morgan fingerprint density at radius 2 is 1.61 bits per heavy atom. The zero-order chi connectivity index (χ0) is 17.7. The second-order valence-electron chi connectivity index (χ2n) is 6.10. The molecular weight excluding hydrogens is 292 g/mol. The van der Waals surface area contributed by atoms with E-state index in [4.69, 9.17) is 4.74 Å². The molecular formula is C18H36N2O3. The van der Waals surface area contributed by atoms with E-state index in [1.54, 1.807) is 0 Å². The summed E-state index contributed by atoms with van der Waals surface area (Å²) in [6, 6.07) is 0. The Morgan fingerprint density at radius 1 is 1.00 bits per heavy atom. The van der Waals surface area contributed by atoms with Gasteiger partial charge in [-0.2, -0.15) is 0 Å². The molecule has 0 saturated carbocycles. The van der Waals surface area contributed by atoms with Crippen molar-refractivity contribution < 1.29 is 14.3 Å². The molecule has 0 fully saturated rings. The Bertz CT molecular complexity index is 330. The van der Waals surface area contributed by atoms with E-state index >= 15 is 0 Å². The van der Waals surface area contributed by atoms with Crippen LogP contribution >= 0.6 is 0 Å². The molecule has 0 N–H and O–H groups in total. The summed E-state index contributed by atoms with van der Waals surface area (Å²) < 4.78 is 4.78. The summed E-state index contributed by atoms with van der Waals surface area (Å²) in [5.74, 6) is -0.361. The molecule has 0 aromatic carbocycles. The summed E-state index contributed by atoms with van der Waals surface area (Å²) in [4.78, 5) is 28.2. The summed E-state index contributed by atoms with van der Waals surface area (Å²) in [6.07, 6.45) is 4.53. The second kappa shape index (κ2) is 13.3. The number of hydrogen-bond acceptors (Lipinski definition) is 4. The number of methoxy groups -OCH3 is 1. The first-order chi connectivity index (χ1) is 11.0. The number of esters is 1. The number of unbranched alkanes of at least 4 members (excludes halogenated alkanes) is 2. The molecule has 136 valence electrons. The molecule has 0 rings (SSSR count). The third-order valence-electron chi connectivity index (χ3n) is 4.24. The molecule has 0 aliphatic heterocycles. The molecule has 0 aliphatic rings. The van der Waals surface area contributed by atoms with Crippen LogP contribution in [0, 0.1) is 5.92 Å². The van der Waals surface area contributed by atoms with Gasteiger partial charge in [0.05, 0.1) is 13.0 Å². The lowest BCUT2D eigenvalue weighted by Crippen LogP contribution is -2.38. The average Bonchev–Trinajstić information content (AvgIpc) is 2.57. The van der Waals surface area contributed by atoms with Gasteiger partial charge in [0.15, 0.2) is 0 Å². The highest BCUT2D eigenvalue weighted by molar-refractivity contribution is 5.77. The molecule has 0 radical (unpaired) electrons. The standard InChI is InChI=1S/C18H36N2O3/c1-6-9-12-17(21)20(15-16(4)18(22)23-5)14-11-10-13-19(7-2)8-3/h16H,6-15H2,1-5H3. The summed E-state index contributed by atoms with van der Waals surface area (Å²) in [7, 11) is 1.40. The van der Waals surface area contributed by atoms with E-state index in [1.165, 1.54) is 7.11 Å². The predicted molar refractivity (Wildman–Crippen MR) is 94.3 cm³/mol. The molecule has 1 unspecified atom stereocenters. The maximum Gasteiger partial charge on any atom is 0.310 e. The quantitative estimate of drug-likeness (QED) is 0.385. The van der Waals surface area contributed by atoms with Crippen molar-refractivity contribution in [1.82, 2.24) is 9.80 Å². The van der Waals surface area contributed by atoms with Gasteiger partial charge in [-0.3, -0.25) is 9.59 Å². The van der Waals surface area contributed by atoms with Gasteiger partial charge in [-0.25, -0.2) is 0 Å². The van der Waals surface area contributed by atoms with Crippen LogP contribution in [0.2, 0.25) is 0 Å². The summed E-state index contributed by atoms with van der Waals surface area (Å²) in [6.45, 7) is 12.6. The molecule has 0 spiro atoms. The number of nitrogens with zero attached hydrogens (tertiary/aromatic N) is 2. The van der Waals surface area contributed by atoms with Gasteiger partial charge in [0.1, 0.15) is 0 Å². The molecule has 5 heteroatoms. The minimum atomic E-state index is -0.270. The van der Waals surface area contributed by atoms with Crippen LogP contribution in [0.25, 0.3) is 0 Å². The first kappa shape index (κ1) is 21.9. The van der Waals surface area contributed by atoms with Crippen molar-refractivity contribution in [3.8, 4) is 0 Å². The zero-order valence-electron chi connectivity index (χ0n) is 15.8. The van der Waals surface area contributed by atoms with Gasteiger partial charge < -0.3 is 14.5 Å². The molecule has 0 aromatic rings. The van der Waals surface area contributed by atoms with Crippen LogP contribution in [0.5, 0.6) is 0 Å². The molecule has 1 amide bonds. The van der Waals surface area contributed by atoms with Crippen molar-refractivity contribution in [3.05, 3.63) is 0 Å². The van der Waals surface area contributed by atoms with Crippen molar-refractivity contribution in [2.24, 2.45) is 5.92 Å². The number of rotatable bonds is 13. The van der Waals surface area contributed by atoms with Crippen LogP contribution in [0.3, 0.4) is 0 Å². The second-order valence-corrected chi connectivity index (χ2v) is 6.10. The SMILES string of the molecule is CCCCC(=O)N(CCCCN(CC)CC)CC(C)C(=O)OC. The van der Waals surface area contributed by atoms with E-state index in [2.05, 4.69) is 25.7 Å². The number of amides is 1. The van der Waals surface area contributed by atoms with E-state index in [9.17, 15) is 9.59 Å². The third kappa shape index (κ3) is 9.59. The fraction of sp³-hybridized carbons (Fsp3) is 0.889. The molecule has 5 nitrogen and oxygen atoms in total. The number of ether oxygens (including phenoxy) is 1. The van der Waals surface area contributed by atoms with Gasteiger partial charge in [-0.1, -0.05) is 34.1 Å². The van der Waals surface area contributed by atoms with Crippen molar-refractivity contribution in [3.63, 3.8) is 0 Å². The van der Waals surface area contributed by atoms with Crippen molar-refractivity contribution >= 4 is 11.9 Å². The van der Waals surface area contributed by atoms with Gasteiger partial charge in [0, 0.05) is 19.5 Å². The van der Waals surface area contributed by atoms with E-state index in [-0.39, 0.29) is 17.8 Å². The van der Waals surface area contributed by atoms with Gasteiger partial charge in [-0.05, 0) is 38.9 Å². The lowest BCUT2D eigenvalue weighted by atomic mass is 10.1. The zero-order valence-corrected chi connectivity index (χ0v) is 15.8. The Kier molecular flexibility index (Phi) is 12.7. The average molecular weight is 328 g/mol. The van der Waals surface area contributed by atoms with Gasteiger partial charge >= 0.3 is 5.97 Å². The van der Waals surface area contributed by atoms with Crippen LogP contribution in [-0.2, 0) is 14.3 Å². The predicted octanol–water partition coefficient (Wildman–Crippen LogP) is 2.94. The number of hydrogen-bond donors (Lipinski definition) is 0. The van der Waals surface area contributed by atoms with Crippen LogP contribution in [0.15, 0.2) is 0 Å². The summed E-state index contributed by atoms with van der Waals surface area (Å²) in [5.41, 5.74) is 0.